The molecule has 3 heterocycles. The molecule has 0 atom stereocenters. The smallest absolute Gasteiger partial charge is 0.159 e. The normalized spacial score (nSPS) is 11.8. The Morgan fingerprint density at radius 3 is 1.68 bits per heavy atom. The fourth-order valence-electron chi connectivity index (χ4n) is 10.8. The summed E-state index contributed by atoms with van der Waals surface area (Å²) in [6.07, 6.45) is 1.99. The second kappa shape index (κ2) is 15.7. The highest BCUT2D eigenvalue weighted by atomic mass is 16.3. The van der Waals surface area contributed by atoms with E-state index < -0.39 is 0 Å². The molecule has 0 aliphatic rings. The van der Waals surface area contributed by atoms with Crippen LogP contribution in [0.5, 0.6) is 0 Å². The van der Waals surface area contributed by atoms with E-state index in [0.717, 1.165) is 72.6 Å². The summed E-state index contributed by atoms with van der Waals surface area (Å²) in [7, 11) is 0. The van der Waals surface area contributed by atoms with Gasteiger partial charge in [-0.05, 0) is 110 Å². The lowest BCUT2D eigenvalue weighted by Crippen LogP contribution is -2.11. The quantitative estimate of drug-likeness (QED) is 0.150. The molecule has 0 aliphatic heterocycles. The first-order valence-corrected chi connectivity index (χ1v) is 23.5. The Kier molecular flexibility index (Phi) is 8.86. The second-order valence-corrected chi connectivity index (χ2v) is 17.9. The molecule has 0 amide bonds. The van der Waals surface area contributed by atoms with Gasteiger partial charge in [-0.25, -0.2) is 0 Å². The zero-order valence-electron chi connectivity index (χ0n) is 37.4. The van der Waals surface area contributed by atoms with Gasteiger partial charge >= 0.3 is 0 Å². The van der Waals surface area contributed by atoms with Crippen molar-refractivity contribution in [1.29, 1.82) is 0 Å². The molecule has 0 bridgehead atoms. The SMILES string of the molecule is c1ccc(-c2ccc(N(c3ccc(-c4ccc(-n5c6ccc7ccccc7c6c6c7ccccc7c7ccccc7c65)cc4)nc3)c3cc(-c4ccccc4)cc4c3oc3ccccc34)cc2)cc1. The molecule has 0 aliphatic carbocycles. The summed E-state index contributed by atoms with van der Waals surface area (Å²) < 4.78 is 9.25. The molecule has 322 valence electrons. The van der Waals surface area contributed by atoms with Gasteiger partial charge in [-0.3, -0.25) is 4.98 Å². The fraction of sp³-hybridized carbons (Fsp3) is 0. The van der Waals surface area contributed by atoms with Crippen molar-refractivity contribution in [1.82, 2.24) is 9.55 Å². The van der Waals surface area contributed by atoms with Gasteiger partial charge in [-0.2, -0.15) is 0 Å². The highest BCUT2D eigenvalue weighted by Crippen LogP contribution is 2.47. The monoisotopic (exact) mass is 879 g/mol. The molecule has 14 rings (SSSR count). The van der Waals surface area contributed by atoms with E-state index in [-0.39, 0.29) is 0 Å². The van der Waals surface area contributed by atoms with E-state index >= 15 is 0 Å². The third-order valence-electron chi connectivity index (χ3n) is 14.0. The van der Waals surface area contributed by atoms with Crippen LogP contribution in [0.2, 0.25) is 0 Å². The Balaban J connectivity index is 0.914. The van der Waals surface area contributed by atoms with E-state index in [2.05, 4.69) is 246 Å². The van der Waals surface area contributed by atoms with E-state index in [4.69, 9.17) is 9.40 Å². The van der Waals surface area contributed by atoms with Crippen LogP contribution < -0.4 is 4.90 Å². The molecule has 4 heteroatoms. The molecular weight excluding hydrogens is 839 g/mol. The Bertz CT molecular complexity index is 4270. The Morgan fingerprint density at radius 1 is 0.377 bits per heavy atom. The standard InChI is InChI=1S/C65H41N3O/c1-3-15-42(16-4-1)44-27-32-48(33-28-44)67(60-40-47(43-17-5-2-6-18-43)39-57-54-23-13-14-26-61(54)69-65(57)60)50-36-37-58(66-41-50)46-29-34-49(35-30-46)68-59-38-31-45-19-7-8-20-51(45)62(59)63-55-24-11-9-21-52(55)53-22-10-12-25-56(53)64(63)68/h1-41H. The van der Waals surface area contributed by atoms with E-state index in [0.29, 0.717) is 0 Å². The van der Waals surface area contributed by atoms with Gasteiger partial charge in [0.15, 0.2) is 5.58 Å². The summed E-state index contributed by atoms with van der Waals surface area (Å²) in [6.45, 7) is 0. The predicted octanol–water partition coefficient (Wildman–Crippen LogP) is 18.0. The fourth-order valence-corrected chi connectivity index (χ4v) is 10.8. The number of hydrogen-bond acceptors (Lipinski definition) is 3. The number of furan rings is 1. The van der Waals surface area contributed by atoms with Gasteiger partial charge in [0.25, 0.3) is 0 Å². The van der Waals surface area contributed by atoms with Crippen molar-refractivity contribution >= 4 is 93.1 Å². The number of anilines is 3. The zero-order valence-corrected chi connectivity index (χ0v) is 37.4. The number of rotatable bonds is 7. The van der Waals surface area contributed by atoms with Gasteiger partial charge in [-0.15, -0.1) is 0 Å². The topological polar surface area (TPSA) is 34.2 Å². The van der Waals surface area contributed by atoms with Crippen LogP contribution in [-0.4, -0.2) is 9.55 Å². The van der Waals surface area contributed by atoms with Crippen LogP contribution in [0.25, 0.3) is 115 Å². The molecule has 0 saturated carbocycles. The molecule has 0 saturated heterocycles. The minimum Gasteiger partial charge on any atom is -0.454 e. The number of hydrogen-bond donors (Lipinski definition) is 0. The molecule has 0 unspecified atom stereocenters. The van der Waals surface area contributed by atoms with Gasteiger partial charge in [-0.1, -0.05) is 182 Å². The molecule has 14 aromatic rings. The molecule has 0 N–H and O–H groups in total. The second-order valence-electron chi connectivity index (χ2n) is 17.9. The van der Waals surface area contributed by atoms with E-state index in [1.807, 2.05) is 12.3 Å². The van der Waals surface area contributed by atoms with Gasteiger partial charge in [0.2, 0.25) is 0 Å². The van der Waals surface area contributed by atoms with Crippen molar-refractivity contribution in [3.8, 4) is 39.2 Å². The van der Waals surface area contributed by atoms with Crippen molar-refractivity contribution < 1.29 is 4.42 Å². The lowest BCUT2D eigenvalue weighted by atomic mass is 9.95. The van der Waals surface area contributed by atoms with Crippen LogP contribution in [0, 0.1) is 0 Å². The number of aromatic nitrogens is 2. The third-order valence-corrected chi connectivity index (χ3v) is 14.0. The maximum atomic E-state index is 6.78. The predicted molar refractivity (Wildman–Crippen MR) is 289 cm³/mol. The van der Waals surface area contributed by atoms with Crippen LogP contribution in [0.4, 0.5) is 17.1 Å². The summed E-state index contributed by atoms with van der Waals surface area (Å²) >= 11 is 0. The van der Waals surface area contributed by atoms with Crippen LogP contribution >= 0.6 is 0 Å². The zero-order chi connectivity index (χ0) is 45.4. The minimum absolute atomic E-state index is 0.821. The Morgan fingerprint density at radius 2 is 0.957 bits per heavy atom. The number of benzene rings is 11. The molecule has 11 aromatic carbocycles. The minimum atomic E-state index is 0.821. The summed E-state index contributed by atoms with van der Waals surface area (Å²) in [5.74, 6) is 0. The van der Waals surface area contributed by atoms with Crippen molar-refractivity contribution in [2.45, 2.75) is 0 Å². The maximum Gasteiger partial charge on any atom is 0.159 e. The highest BCUT2D eigenvalue weighted by molar-refractivity contribution is 6.35. The number of nitrogens with zero attached hydrogens (tertiary/aromatic N) is 3. The van der Waals surface area contributed by atoms with Crippen LogP contribution in [0.1, 0.15) is 0 Å². The molecule has 3 aromatic heterocycles. The number of pyridine rings is 1. The summed E-state index contributed by atoms with van der Waals surface area (Å²) in [5.41, 5.74) is 14.5. The lowest BCUT2D eigenvalue weighted by Gasteiger charge is -2.26. The molecule has 0 radical (unpaired) electrons. The maximum absolute atomic E-state index is 6.78. The van der Waals surface area contributed by atoms with Crippen LogP contribution in [0.15, 0.2) is 253 Å². The molecule has 0 fully saturated rings. The van der Waals surface area contributed by atoms with Gasteiger partial charge < -0.3 is 13.9 Å². The third kappa shape index (κ3) is 6.27. The van der Waals surface area contributed by atoms with Crippen molar-refractivity contribution in [3.63, 3.8) is 0 Å². The largest absolute Gasteiger partial charge is 0.454 e. The van der Waals surface area contributed by atoms with Gasteiger partial charge in [0, 0.05) is 43.9 Å². The number of fused-ring (bicyclic) bond motifs is 13. The van der Waals surface area contributed by atoms with E-state index in [1.54, 1.807) is 0 Å². The Hall–Kier alpha value is -9.25. The Labute approximate surface area is 398 Å². The lowest BCUT2D eigenvalue weighted by molar-refractivity contribution is 0.669. The van der Waals surface area contributed by atoms with E-state index in [9.17, 15) is 0 Å². The van der Waals surface area contributed by atoms with Crippen molar-refractivity contribution in [2.24, 2.45) is 0 Å². The summed E-state index contributed by atoms with van der Waals surface area (Å²) in [5, 5.41) is 12.2. The first-order valence-electron chi connectivity index (χ1n) is 23.5. The average molecular weight is 880 g/mol. The first-order chi connectivity index (χ1) is 34.2. The average Bonchev–Trinajstić information content (AvgIpc) is 3.99. The van der Waals surface area contributed by atoms with Crippen LogP contribution in [-0.2, 0) is 0 Å². The van der Waals surface area contributed by atoms with Gasteiger partial charge in [0.1, 0.15) is 5.58 Å². The van der Waals surface area contributed by atoms with Crippen LogP contribution in [0.3, 0.4) is 0 Å². The molecule has 4 nitrogen and oxygen atoms in total. The van der Waals surface area contributed by atoms with Gasteiger partial charge in [0.05, 0.1) is 34.3 Å². The molecule has 69 heavy (non-hydrogen) atoms. The first kappa shape index (κ1) is 39.0. The van der Waals surface area contributed by atoms with Crippen molar-refractivity contribution in [3.05, 3.63) is 249 Å². The highest BCUT2D eigenvalue weighted by Gasteiger charge is 2.23. The summed E-state index contributed by atoms with van der Waals surface area (Å²) in [6, 6.07) is 87.0. The summed E-state index contributed by atoms with van der Waals surface area (Å²) in [4.78, 5) is 7.50. The number of para-hydroxylation sites is 1. The molecular formula is C65H41N3O. The molecule has 0 spiro atoms. The van der Waals surface area contributed by atoms with Crippen molar-refractivity contribution in [2.75, 3.05) is 4.90 Å². The van der Waals surface area contributed by atoms with E-state index in [1.165, 1.54) is 59.7 Å².